The molecule has 0 saturated carbocycles. The molecule has 1 aliphatic rings. The Bertz CT molecular complexity index is 1150. The third-order valence-electron chi connectivity index (χ3n) is 6.18. The monoisotopic (exact) mass is 438 g/mol. The Morgan fingerprint density at radius 2 is 1.81 bits per heavy atom. The third-order valence-corrected chi connectivity index (χ3v) is 6.18. The molecular weight excluding hydrogens is 404 g/mol. The average molecular weight is 439 g/mol. The van der Waals surface area contributed by atoms with E-state index in [9.17, 15) is 10.2 Å². The molecule has 0 spiro atoms. The molecule has 0 bridgehead atoms. The fourth-order valence-electron chi connectivity index (χ4n) is 4.35. The smallest absolute Gasteiger partial charge is 0.258 e. The molecule has 1 aromatic carbocycles. The van der Waals surface area contributed by atoms with Crippen molar-refractivity contribution in [2.24, 2.45) is 5.41 Å². The molecule has 7 nitrogen and oxygen atoms in total. The summed E-state index contributed by atoms with van der Waals surface area (Å²) in [6, 6.07) is 9.45. The molecule has 3 aromatic rings. The van der Waals surface area contributed by atoms with E-state index in [4.69, 9.17) is 7.26 Å². The lowest BCUT2D eigenvalue weighted by Crippen LogP contribution is -2.63. The van der Waals surface area contributed by atoms with Crippen molar-refractivity contribution in [2.45, 2.75) is 51.7 Å². The molecule has 1 atom stereocenters. The molecule has 0 amide bonds. The summed E-state index contributed by atoms with van der Waals surface area (Å²) in [7, 11) is 1.91. The van der Waals surface area contributed by atoms with Gasteiger partial charge in [0.15, 0.2) is 0 Å². The van der Waals surface area contributed by atoms with E-state index < -0.39 is 23.5 Å². The first-order valence-corrected chi connectivity index (χ1v) is 10.8. The van der Waals surface area contributed by atoms with Crippen molar-refractivity contribution in [2.75, 3.05) is 20.1 Å². The number of likely N-dealkylation sites (tertiary alicyclic amines) is 1. The molecule has 32 heavy (non-hydrogen) atoms. The molecule has 3 heterocycles. The van der Waals surface area contributed by atoms with Gasteiger partial charge in [0, 0.05) is 44.8 Å². The van der Waals surface area contributed by atoms with Gasteiger partial charge in [-0.1, -0.05) is 50.1 Å². The van der Waals surface area contributed by atoms with Gasteiger partial charge in [-0.2, -0.15) is 4.98 Å². The molecule has 1 fully saturated rings. The highest BCUT2D eigenvalue weighted by Gasteiger charge is 2.55. The number of hydrogen-bond acceptors (Lipinski definition) is 7. The molecule has 7 heteroatoms. The molecule has 170 valence electrons. The highest BCUT2D eigenvalue weighted by atomic mass is 16.5. The van der Waals surface area contributed by atoms with Crippen molar-refractivity contribution < 1.29 is 17.5 Å². The van der Waals surface area contributed by atoms with E-state index in [2.05, 4.69) is 29.0 Å². The lowest BCUT2D eigenvalue weighted by Gasteiger charge is -2.55. The van der Waals surface area contributed by atoms with Crippen LogP contribution in [-0.2, 0) is 11.2 Å². The molecular formula is C25H32N4O3. The van der Waals surface area contributed by atoms with Crippen molar-refractivity contribution in [3.8, 4) is 11.4 Å². The van der Waals surface area contributed by atoms with E-state index in [0.29, 0.717) is 35.7 Å². The van der Waals surface area contributed by atoms with Gasteiger partial charge in [-0.25, -0.2) is 0 Å². The number of benzene rings is 1. The summed E-state index contributed by atoms with van der Waals surface area (Å²) in [5.74, 6) is 0.637. The highest BCUT2D eigenvalue weighted by Crippen LogP contribution is 2.50. The minimum atomic E-state index is -1.64. The van der Waals surface area contributed by atoms with Crippen LogP contribution in [0.4, 0.5) is 0 Å². The fraction of sp³-hybridized carbons (Fsp3) is 0.480. The van der Waals surface area contributed by atoms with Gasteiger partial charge in [0.25, 0.3) is 5.89 Å². The van der Waals surface area contributed by atoms with Gasteiger partial charge in [0.1, 0.15) is 11.2 Å². The SMILES string of the molecule is [2H]C([2H])C1([C@](O)(c2ccc(C(C)C)cc2)c2cncc(-c3noc(C(C)(C)O)n3)c2)CN(C)C1. The maximum Gasteiger partial charge on any atom is 0.258 e. The van der Waals surface area contributed by atoms with E-state index in [1.54, 1.807) is 32.3 Å². The maximum absolute atomic E-state index is 12.4. The second-order valence-electron chi connectivity index (χ2n) is 9.76. The predicted octanol–water partition coefficient (Wildman–Crippen LogP) is 3.67. The van der Waals surface area contributed by atoms with Crippen LogP contribution in [0.2, 0.25) is 0 Å². The second kappa shape index (κ2) is 7.76. The zero-order valence-electron chi connectivity index (χ0n) is 21.2. The molecule has 1 saturated heterocycles. The van der Waals surface area contributed by atoms with Gasteiger partial charge in [0.2, 0.25) is 5.82 Å². The summed E-state index contributed by atoms with van der Waals surface area (Å²) in [5, 5.41) is 26.6. The van der Waals surface area contributed by atoms with Crippen molar-refractivity contribution in [3.63, 3.8) is 0 Å². The number of aliphatic hydroxyl groups is 2. The summed E-state index contributed by atoms with van der Waals surface area (Å²) in [5.41, 5.74) is -1.29. The van der Waals surface area contributed by atoms with Crippen molar-refractivity contribution in [3.05, 3.63) is 65.3 Å². The first kappa shape index (κ1) is 20.0. The second-order valence-corrected chi connectivity index (χ2v) is 9.76. The van der Waals surface area contributed by atoms with Gasteiger partial charge in [-0.15, -0.1) is 0 Å². The van der Waals surface area contributed by atoms with E-state index in [-0.39, 0.29) is 11.7 Å². The standard InChI is InChI=1S/C25H32N4O3/c1-16(2)17-7-9-19(10-8-17)25(31,24(5)14-29(6)15-24)20-11-18(12-26-13-20)21-27-22(32-28-21)23(3,4)30/h7-13,16,30-31H,14-15H2,1-6H3/t25-/m0/s1/i5D2. The Morgan fingerprint density at radius 1 is 1.12 bits per heavy atom. The maximum atomic E-state index is 12.4. The molecule has 2 aromatic heterocycles. The summed E-state index contributed by atoms with van der Waals surface area (Å²) in [6.45, 7) is 6.82. The molecule has 0 radical (unpaired) electrons. The van der Waals surface area contributed by atoms with E-state index >= 15 is 0 Å². The van der Waals surface area contributed by atoms with Crippen molar-refractivity contribution in [1.82, 2.24) is 20.0 Å². The highest BCUT2D eigenvalue weighted by molar-refractivity contribution is 5.56. The Balaban J connectivity index is 1.86. The van der Waals surface area contributed by atoms with Gasteiger partial charge in [0.05, 0.1) is 0 Å². The van der Waals surface area contributed by atoms with Crippen molar-refractivity contribution >= 4 is 0 Å². The summed E-state index contributed by atoms with van der Waals surface area (Å²) in [6.07, 6.45) is 3.13. The van der Waals surface area contributed by atoms with Crippen LogP contribution in [0.15, 0.2) is 47.2 Å². The molecule has 1 aliphatic heterocycles. The lowest BCUT2D eigenvalue weighted by molar-refractivity contribution is -0.127. The largest absolute Gasteiger partial charge is 0.381 e. The number of pyridine rings is 1. The van der Waals surface area contributed by atoms with Crippen LogP contribution < -0.4 is 0 Å². The first-order valence-electron chi connectivity index (χ1n) is 11.9. The van der Waals surface area contributed by atoms with Crippen LogP contribution in [0, 0.1) is 5.41 Å². The number of aromatic nitrogens is 3. The van der Waals surface area contributed by atoms with Gasteiger partial charge in [-0.05, 0) is 44.0 Å². The van der Waals surface area contributed by atoms with Crippen LogP contribution >= 0.6 is 0 Å². The summed E-state index contributed by atoms with van der Waals surface area (Å²) in [4.78, 5) is 10.6. The number of nitrogens with zero attached hydrogens (tertiary/aromatic N) is 4. The summed E-state index contributed by atoms with van der Waals surface area (Å²) >= 11 is 0. The van der Waals surface area contributed by atoms with Gasteiger partial charge >= 0.3 is 0 Å². The van der Waals surface area contributed by atoms with E-state index in [1.165, 1.54) is 0 Å². The normalized spacial score (nSPS) is 19.4. The minimum Gasteiger partial charge on any atom is -0.381 e. The molecule has 4 rings (SSSR count). The van der Waals surface area contributed by atoms with Crippen molar-refractivity contribution in [1.29, 1.82) is 0 Å². The quantitative estimate of drug-likeness (QED) is 0.606. The number of rotatable bonds is 6. The fourth-order valence-corrected chi connectivity index (χ4v) is 4.35. The molecule has 0 unspecified atom stereocenters. The first-order chi connectivity index (χ1) is 15.9. The third kappa shape index (κ3) is 3.74. The Hall–Kier alpha value is -2.61. The van der Waals surface area contributed by atoms with E-state index in [0.717, 1.165) is 5.56 Å². The predicted molar refractivity (Wildman–Crippen MR) is 122 cm³/mol. The zero-order valence-corrected chi connectivity index (χ0v) is 19.2. The van der Waals surface area contributed by atoms with Gasteiger partial charge in [-0.3, -0.25) is 4.98 Å². The minimum absolute atomic E-state index is 0.0712. The van der Waals surface area contributed by atoms with Crippen LogP contribution in [0.25, 0.3) is 11.4 Å². The topological polar surface area (TPSA) is 95.5 Å². The van der Waals surface area contributed by atoms with Crippen LogP contribution in [0.3, 0.4) is 0 Å². The average Bonchev–Trinajstić information content (AvgIpc) is 3.27. The lowest BCUT2D eigenvalue weighted by atomic mass is 9.62. The Labute approximate surface area is 191 Å². The molecule has 2 N–H and O–H groups in total. The number of hydrogen-bond donors (Lipinski definition) is 2. The van der Waals surface area contributed by atoms with Crippen LogP contribution in [0.5, 0.6) is 0 Å². The Morgan fingerprint density at radius 3 is 2.34 bits per heavy atom. The van der Waals surface area contributed by atoms with Crippen LogP contribution in [-0.4, -0.2) is 50.4 Å². The zero-order chi connectivity index (χ0) is 24.9. The molecule has 0 aliphatic carbocycles. The van der Waals surface area contributed by atoms with Crippen LogP contribution in [0.1, 0.15) is 65.8 Å². The summed E-state index contributed by atoms with van der Waals surface area (Å²) < 4.78 is 22.1. The van der Waals surface area contributed by atoms with E-state index in [1.807, 2.05) is 36.2 Å². The van der Waals surface area contributed by atoms with Gasteiger partial charge < -0.3 is 19.6 Å². The Kier molecular flexibility index (Phi) is 4.86.